The first-order valence-corrected chi connectivity index (χ1v) is 8.54. The van der Waals surface area contributed by atoms with E-state index >= 15 is 0 Å². The van der Waals surface area contributed by atoms with Crippen molar-refractivity contribution < 1.29 is 14.3 Å². The van der Waals surface area contributed by atoms with Gasteiger partial charge in [-0.1, -0.05) is 12.1 Å². The number of amides is 3. The van der Waals surface area contributed by atoms with Crippen molar-refractivity contribution in [3.63, 3.8) is 0 Å². The SMILES string of the molecule is COc1ccccc1N1CCN(CC(=O)NCCn2ccnc2C)C1=O. The highest BCUT2D eigenvalue weighted by atomic mass is 16.5. The highest BCUT2D eigenvalue weighted by Crippen LogP contribution is 2.30. The number of nitrogens with one attached hydrogen (secondary N) is 1. The molecule has 0 unspecified atom stereocenters. The molecule has 3 rings (SSSR count). The van der Waals surface area contributed by atoms with Gasteiger partial charge in [-0.05, 0) is 19.1 Å². The van der Waals surface area contributed by atoms with Crippen molar-refractivity contribution in [2.45, 2.75) is 13.5 Å². The van der Waals surface area contributed by atoms with Crippen molar-refractivity contribution in [3.05, 3.63) is 42.5 Å². The molecule has 0 radical (unpaired) electrons. The predicted molar refractivity (Wildman–Crippen MR) is 97.3 cm³/mol. The highest BCUT2D eigenvalue weighted by molar-refractivity contribution is 5.97. The number of carbonyl (C=O) groups is 2. The van der Waals surface area contributed by atoms with Gasteiger partial charge in [0.05, 0.1) is 12.8 Å². The Bertz CT molecular complexity index is 789. The molecular weight excluding hydrogens is 334 g/mol. The maximum Gasteiger partial charge on any atom is 0.325 e. The molecule has 2 heterocycles. The van der Waals surface area contributed by atoms with Gasteiger partial charge < -0.3 is 19.5 Å². The third-order valence-corrected chi connectivity index (χ3v) is 4.40. The summed E-state index contributed by atoms with van der Waals surface area (Å²) >= 11 is 0. The Morgan fingerprint density at radius 3 is 2.85 bits per heavy atom. The molecule has 0 bridgehead atoms. The van der Waals surface area contributed by atoms with E-state index in [1.165, 1.54) is 0 Å². The quantitative estimate of drug-likeness (QED) is 0.809. The van der Waals surface area contributed by atoms with Crippen LogP contribution in [0.3, 0.4) is 0 Å². The van der Waals surface area contributed by atoms with Crippen molar-refractivity contribution >= 4 is 17.6 Å². The molecule has 0 spiro atoms. The number of para-hydroxylation sites is 2. The van der Waals surface area contributed by atoms with Crippen LogP contribution in [-0.2, 0) is 11.3 Å². The number of ether oxygens (including phenoxy) is 1. The van der Waals surface area contributed by atoms with Crippen molar-refractivity contribution in [2.75, 3.05) is 38.2 Å². The van der Waals surface area contributed by atoms with E-state index < -0.39 is 0 Å². The van der Waals surface area contributed by atoms with Gasteiger partial charge in [0.1, 0.15) is 18.1 Å². The summed E-state index contributed by atoms with van der Waals surface area (Å²) in [4.78, 5) is 32.1. The summed E-state index contributed by atoms with van der Waals surface area (Å²) in [6.07, 6.45) is 3.60. The number of anilines is 1. The lowest BCUT2D eigenvalue weighted by Crippen LogP contribution is -2.40. The van der Waals surface area contributed by atoms with E-state index in [0.29, 0.717) is 31.9 Å². The number of carbonyl (C=O) groups excluding carboxylic acids is 2. The Morgan fingerprint density at radius 2 is 2.12 bits per heavy atom. The fraction of sp³-hybridized carbons (Fsp3) is 0.389. The van der Waals surface area contributed by atoms with Crippen LogP contribution in [0.1, 0.15) is 5.82 Å². The first-order chi connectivity index (χ1) is 12.6. The van der Waals surface area contributed by atoms with Gasteiger partial charge in [0.25, 0.3) is 0 Å². The molecule has 0 saturated carbocycles. The van der Waals surface area contributed by atoms with E-state index in [2.05, 4.69) is 10.3 Å². The normalized spacial score (nSPS) is 14.0. The molecule has 138 valence electrons. The van der Waals surface area contributed by atoms with Crippen molar-refractivity contribution in [1.82, 2.24) is 19.8 Å². The summed E-state index contributed by atoms with van der Waals surface area (Å²) in [6.45, 7) is 4.14. The van der Waals surface area contributed by atoms with Gasteiger partial charge in [-0.3, -0.25) is 9.69 Å². The molecule has 1 aromatic heterocycles. The number of aromatic nitrogens is 2. The molecule has 0 aliphatic carbocycles. The van der Waals surface area contributed by atoms with Gasteiger partial charge in [-0.15, -0.1) is 0 Å². The lowest BCUT2D eigenvalue weighted by atomic mass is 10.2. The van der Waals surface area contributed by atoms with Crippen LogP contribution in [0.5, 0.6) is 5.75 Å². The number of imidazole rings is 1. The van der Waals surface area contributed by atoms with Gasteiger partial charge in [0.2, 0.25) is 5.91 Å². The van der Waals surface area contributed by atoms with Gasteiger partial charge >= 0.3 is 6.03 Å². The molecular formula is C18H23N5O3. The summed E-state index contributed by atoms with van der Waals surface area (Å²) in [6, 6.07) is 7.19. The summed E-state index contributed by atoms with van der Waals surface area (Å²) in [7, 11) is 1.58. The van der Waals surface area contributed by atoms with Gasteiger partial charge in [-0.25, -0.2) is 9.78 Å². The summed E-state index contributed by atoms with van der Waals surface area (Å²) in [5, 5.41) is 2.85. The molecule has 8 heteroatoms. The molecule has 8 nitrogen and oxygen atoms in total. The Balaban J connectivity index is 1.52. The van der Waals surface area contributed by atoms with Crippen molar-refractivity contribution in [1.29, 1.82) is 0 Å². The number of nitrogens with zero attached hydrogens (tertiary/aromatic N) is 4. The number of rotatable bonds is 7. The highest BCUT2D eigenvalue weighted by Gasteiger charge is 2.32. The first kappa shape index (κ1) is 17.8. The number of hydrogen-bond acceptors (Lipinski definition) is 4. The topological polar surface area (TPSA) is 79.7 Å². The standard InChI is InChI=1S/C18H23N5O3/c1-14-19-7-9-21(14)10-8-20-17(24)13-22-11-12-23(18(22)25)15-5-3-4-6-16(15)26-2/h3-7,9H,8,10-13H2,1-2H3,(H,20,24). The average molecular weight is 357 g/mol. The lowest BCUT2D eigenvalue weighted by molar-refractivity contribution is -0.121. The average Bonchev–Trinajstić information content (AvgIpc) is 3.21. The molecule has 1 fully saturated rings. The number of methoxy groups -OCH3 is 1. The van der Waals surface area contributed by atoms with Gasteiger partial charge in [0.15, 0.2) is 0 Å². The van der Waals surface area contributed by atoms with Crippen LogP contribution in [0.25, 0.3) is 0 Å². The fourth-order valence-electron chi connectivity index (χ4n) is 2.99. The van der Waals surface area contributed by atoms with Gasteiger partial charge in [-0.2, -0.15) is 0 Å². The van der Waals surface area contributed by atoms with E-state index in [0.717, 1.165) is 11.5 Å². The van der Waals surface area contributed by atoms with Crippen LogP contribution >= 0.6 is 0 Å². The molecule has 26 heavy (non-hydrogen) atoms. The van der Waals surface area contributed by atoms with Crippen LogP contribution in [0.4, 0.5) is 10.5 Å². The third kappa shape index (κ3) is 3.79. The van der Waals surface area contributed by atoms with Gasteiger partial charge in [0, 0.05) is 38.6 Å². The summed E-state index contributed by atoms with van der Waals surface area (Å²) in [5.41, 5.74) is 0.721. The smallest absolute Gasteiger partial charge is 0.325 e. The zero-order valence-corrected chi connectivity index (χ0v) is 15.0. The predicted octanol–water partition coefficient (Wildman–Crippen LogP) is 1.26. The maximum atomic E-state index is 12.6. The monoisotopic (exact) mass is 357 g/mol. The second kappa shape index (κ2) is 7.90. The Hall–Kier alpha value is -3.03. The minimum atomic E-state index is -0.185. The van der Waals surface area contributed by atoms with Crippen LogP contribution in [0.15, 0.2) is 36.7 Å². The number of aryl methyl sites for hydroxylation is 1. The van der Waals surface area contributed by atoms with Crippen LogP contribution in [0, 0.1) is 6.92 Å². The number of hydrogen-bond donors (Lipinski definition) is 1. The molecule has 1 aromatic carbocycles. The molecule has 1 aliphatic heterocycles. The molecule has 2 aromatic rings. The Kier molecular flexibility index (Phi) is 5.40. The molecule has 1 saturated heterocycles. The zero-order chi connectivity index (χ0) is 18.5. The van der Waals surface area contributed by atoms with E-state index in [4.69, 9.17) is 4.74 Å². The Labute approximate surface area is 152 Å². The van der Waals surface area contributed by atoms with E-state index in [-0.39, 0.29) is 18.5 Å². The van der Waals surface area contributed by atoms with Crippen LogP contribution in [0.2, 0.25) is 0 Å². The molecule has 1 N–H and O–H groups in total. The fourth-order valence-corrected chi connectivity index (χ4v) is 2.99. The number of urea groups is 1. The van der Waals surface area contributed by atoms with Crippen LogP contribution < -0.4 is 15.0 Å². The third-order valence-electron chi connectivity index (χ3n) is 4.40. The minimum Gasteiger partial charge on any atom is -0.495 e. The largest absolute Gasteiger partial charge is 0.495 e. The first-order valence-electron chi connectivity index (χ1n) is 8.54. The maximum absolute atomic E-state index is 12.6. The molecule has 1 aliphatic rings. The molecule has 0 atom stereocenters. The minimum absolute atomic E-state index is 0.0490. The lowest BCUT2D eigenvalue weighted by Gasteiger charge is -2.20. The molecule has 3 amide bonds. The van der Waals surface area contributed by atoms with Crippen molar-refractivity contribution in [3.8, 4) is 5.75 Å². The zero-order valence-electron chi connectivity index (χ0n) is 15.0. The number of benzene rings is 1. The van der Waals surface area contributed by atoms with E-state index in [9.17, 15) is 9.59 Å². The van der Waals surface area contributed by atoms with Crippen molar-refractivity contribution in [2.24, 2.45) is 0 Å². The van der Waals surface area contributed by atoms with E-state index in [1.54, 1.807) is 23.1 Å². The van der Waals surface area contributed by atoms with E-state index in [1.807, 2.05) is 42.0 Å². The van der Waals surface area contributed by atoms with Crippen LogP contribution in [-0.4, -0.2) is 59.7 Å². The Morgan fingerprint density at radius 1 is 1.31 bits per heavy atom. The second-order valence-corrected chi connectivity index (χ2v) is 6.05. The second-order valence-electron chi connectivity index (χ2n) is 6.05. The summed E-state index contributed by atoms with van der Waals surface area (Å²) < 4.78 is 7.28. The summed E-state index contributed by atoms with van der Waals surface area (Å²) in [5.74, 6) is 1.38.